The zero-order chi connectivity index (χ0) is 17.5. The molecular formula is C16H23N3O4S. The fourth-order valence-electron chi connectivity index (χ4n) is 2.33. The Labute approximate surface area is 146 Å². The van der Waals surface area contributed by atoms with Gasteiger partial charge in [0.05, 0.1) is 24.3 Å². The van der Waals surface area contributed by atoms with Crippen molar-refractivity contribution in [2.45, 2.75) is 23.6 Å². The minimum absolute atomic E-state index is 0.00695. The fourth-order valence-corrected chi connectivity index (χ4v) is 2.88. The average Bonchev–Trinajstić information content (AvgIpc) is 2.60. The molecule has 1 saturated heterocycles. The molecule has 8 heteroatoms. The van der Waals surface area contributed by atoms with Crippen molar-refractivity contribution in [2.75, 3.05) is 40.2 Å². The molecule has 0 aromatic carbocycles. The maximum atomic E-state index is 12.5. The molecule has 0 aliphatic carbocycles. The first kappa shape index (κ1) is 18.7. The zero-order valence-electron chi connectivity index (χ0n) is 14.2. The zero-order valence-corrected chi connectivity index (χ0v) is 15.0. The second kappa shape index (κ2) is 9.00. The summed E-state index contributed by atoms with van der Waals surface area (Å²) in [5, 5.41) is 3.62. The number of hydrogen-bond acceptors (Lipinski definition) is 6. The summed E-state index contributed by atoms with van der Waals surface area (Å²) in [6.07, 6.45) is 3.92. The summed E-state index contributed by atoms with van der Waals surface area (Å²) >= 11 is 1.42. The molecule has 1 N–H and O–H groups in total. The van der Waals surface area contributed by atoms with E-state index >= 15 is 0 Å². The monoisotopic (exact) mass is 353 g/mol. The molecule has 1 aromatic heterocycles. The molecule has 0 bridgehead atoms. The topological polar surface area (TPSA) is 80.8 Å². The Morgan fingerprint density at radius 3 is 3.00 bits per heavy atom. The van der Waals surface area contributed by atoms with Gasteiger partial charge in [-0.1, -0.05) is 0 Å². The Morgan fingerprint density at radius 2 is 2.29 bits per heavy atom. The number of amides is 2. The van der Waals surface area contributed by atoms with Crippen molar-refractivity contribution in [3.05, 3.63) is 23.9 Å². The number of pyridine rings is 1. The third-order valence-electron chi connectivity index (χ3n) is 3.74. The van der Waals surface area contributed by atoms with E-state index in [1.165, 1.54) is 16.7 Å². The molecular weight excluding hydrogens is 330 g/mol. The van der Waals surface area contributed by atoms with Gasteiger partial charge in [-0.25, -0.2) is 4.98 Å². The maximum Gasteiger partial charge on any atom is 0.254 e. The molecule has 2 rings (SSSR count). The number of rotatable bonds is 6. The van der Waals surface area contributed by atoms with Gasteiger partial charge in [0, 0.05) is 26.9 Å². The largest absolute Gasteiger partial charge is 0.379 e. The lowest BCUT2D eigenvalue weighted by Gasteiger charge is -2.32. The first-order valence-electron chi connectivity index (χ1n) is 7.72. The Balaban J connectivity index is 2.00. The molecule has 0 unspecified atom stereocenters. The van der Waals surface area contributed by atoms with Gasteiger partial charge in [-0.15, -0.1) is 11.8 Å². The Bertz CT molecular complexity index is 582. The normalized spacial score (nSPS) is 20.5. The van der Waals surface area contributed by atoms with E-state index in [1.807, 2.05) is 6.26 Å². The summed E-state index contributed by atoms with van der Waals surface area (Å²) in [4.78, 5) is 29.9. The quantitative estimate of drug-likeness (QED) is 0.762. The summed E-state index contributed by atoms with van der Waals surface area (Å²) < 4.78 is 11.2. The number of likely N-dealkylation sites (N-methyl/N-ethyl adjacent to an activating group) is 1. The molecule has 2 amide bonds. The first-order valence-corrected chi connectivity index (χ1v) is 8.94. The van der Waals surface area contributed by atoms with Gasteiger partial charge in [0.15, 0.2) is 0 Å². The van der Waals surface area contributed by atoms with Crippen molar-refractivity contribution < 1.29 is 19.1 Å². The van der Waals surface area contributed by atoms with Crippen LogP contribution in [0.4, 0.5) is 0 Å². The Kier molecular flexibility index (Phi) is 7.01. The summed E-state index contributed by atoms with van der Waals surface area (Å²) in [6, 6.07) is 3.18. The average molecular weight is 353 g/mol. The number of nitrogens with zero attached hydrogens (tertiary/aromatic N) is 2. The third kappa shape index (κ3) is 4.93. The molecule has 1 aromatic rings. The van der Waals surface area contributed by atoms with Crippen LogP contribution in [-0.2, 0) is 14.3 Å². The van der Waals surface area contributed by atoms with E-state index < -0.39 is 0 Å². The van der Waals surface area contributed by atoms with Gasteiger partial charge in [-0.3, -0.25) is 9.59 Å². The van der Waals surface area contributed by atoms with Crippen LogP contribution in [0.15, 0.2) is 23.4 Å². The standard InChI is InChI=1S/C16H23N3O4S/c1-19(2)14(20)10-23-13-6-8-22-9-12(13)18-15(21)11-5-4-7-17-16(11)24-3/h4-5,7,12-13H,6,8-10H2,1-3H3,(H,18,21)/t12-,13+/m1/s1. The predicted molar refractivity (Wildman–Crippen MR) is 91.1 cm³/mol. The lowest BCUT2D eigenvalue weighted by molar-refractivity contribution is -0.138. The van der Waals surface area contributed by atoms with Crippen molar-refractivity contribution in [3.8, 4) is 0 Å². The number of hydrogen-bond donors (Lipinski definition) is 1. The molecule has 1 aliphatic rings. The van der Waals surface area contributed by atoms with Gasteiger partial charge >= 0.3 is 0 Å². The second-order valence-corrected chi connectivity index (χ2v) is 6.44. The van der Waals surface area contributed by atoms with Crippen LogP contribution in [0.1, 0.15) is 16.8 Å². The van der Waals surface area contributed by atoms with E-state index in [0.29, 0.717) is 30.2 Å². The van der Waals surface area contributed by atoms with Crippen LogP contribution in [0.5, 0.6) is 0 Å². The summed E-state index contributed by atoms with van der Waals surface area (Å²) in [5.74, 6) is -0.320. The number of carbonyl (C=O) groups excluding carboxylic acids is 2. The van der Waals surface area contributed by atoms with Crippen molar-refractivity contribution in [3.63, 3.8) is 0 Å². The number of aromatic nitrogens is 1. The van der Waals surface area contributed by atoms with Crippen LogP contribution < -0.4 is 5.32 Å². The smallest absolute Gasteiger partial charge is 0.254 e. The minimum Gasteiger partial charge on any atom is -0.379 e. The van der Waals surface area contributed by atoms with E-state index in [1.54, 1.807) is 32.4 Å². The molecule has 1 fully saturated rings. The van der Waals surface area contributed by atoms with Gasteiger partial charge in [0.1, 0.15) is 11.6 Å². The van der Waals surface area contributed by atoms with Crippen LogP contribution in [-0.4, -0.2) is 74.0 Å². The maximum absolute atomic E-state index is 12.5. The third-order valence-corrected chi connectivity index (χ3v) is 4.45. The SMILES string of the molecule is CSc1ncccc1C(=O)N[C@@H]1COCC[C@@H]1OCC(=O)N(C)C. The number of nitrogens with one attached hydrogen (secondary N) is 1. The molecule has 24 heavy (non-hydrogen) atoms. The lowest BCUT2D eigenvalue weighted by Crippen LogP contribution is -2.51. The van der Waals surface area contributed by atoms with E-state index in [9.17, 15) is 9.59 Å². The highest BCUT2D eigenvalue weighted by Gasteiger charge is 2.29. The van der Waals surface area contributed by atoms with Crippen molar-refractivity contribution in [1.82, 2.24) is 15.2 Å². The minimum atomic E-state index is -0.295. The summed E-state index contributed by atoms with van der Waals surface area (Å²) in [6.45, 7) is 0.907. The second-order valence-electron chi connectivity index (χ2n) is 5.64. The number of carbonyl (C=O) groups is 2. The van der Waals surface area contributed by atoms with Gasteiger partial charge in [0.2, 0.25) is 5.91 Å². The van der Waals surface area contributed by atoms with Gasteiger partial charge < -0.3 is 19.7 Å². The van der Waals surface area contributed by atoms with Crippen LogP contribution in [0.25, 0.3) is 0 Å². The molecule has 1 aliphatic heterocycles. The van der Waals surface area contributed by atoms with Gasteiger partial charge in [-0.05, 0) is 24.8 Å². The van der Waals surface area contributed by atoms with Crippen molar-refractivity contribution in [2.24, 2.45) is 0 Å². The van der Waals surface area contributed by atoms with Crippen LogP contribution >= 0.6 is 11.8 Å². The molecule has 2 heterocycles. The summed E-state index contributed by atoms with van der Waals surface area (Å²) in [5.41, 5.74) is 0.527. The van der Waals surface area contributed by atoms with E-state index in [-0.39, 0.29) is 30.6 Å². The number of thioether (sulfide) groups is 1. The number of ether oxygens (including phenoxy) is 2. The molecule has 0 saturated carbocycles. The van der Waals surface area contributed by atoms with Crippen LogP contribution in [0.2, 0.25) is 0 Å². The highest BCUT2D eigenvalue weighted by molar-refractivity contribution is 7.98. The van der Waals surface area contributed by atoms with Crippen LogP contribution in [0.3, 0.4) is 0 Å². The van der Waals surface area contributed by atoms with E-state index in [2.05, 4.69) is 10.3 Å². The van der Waals surface area contributed by atoms with Gasteiger partial charge in [0.25, 0.3) is 5.91 Å². The van der Waals surface area contributed by atoms with Gasteiger partial charge in [-0.2, -0.15) is 0 Å². The van der Waals surface area contributed by atoms with Crippen molar-refractivity contribution >= 4 is 23.6 Å². The molecule has 2 atom stereocenters. The molecule has 7 nitrogen and oxygen atoms in total. The van der Waals surface area contributed by atoms with E-state index in [0.717, 1.165) is 0 Å². The predicted octanol–water partition coefficient (Wildman–Crippen LogP) is 0.796. The van der Waals surface area contributed by atoms with E-state index in [4.69, 9.17) is 9.47 Å². The summed E-state index contributed by atoms with van der Waals surface area (Å²) in [7, 11) is 3.36. The molecule has 132 valence electrons. The van der Waals surface area contributed by atoms with Crippen LogP contribution in [0, 0.1) is 0 Å². The molecule has 0 radical (unpaired) electrons. The Morgan fingerprint density at radius 1 is 1.50 bits per heavy atom. The first-order chi connectivity index (χ1) is 11.5. The highest BCUT2D eigenvalue weighted by atomic mass is 32.2. The fraction of sp³-hybridized carbons (Fsp3) is 0.562. The highest BCUT2D eigenvalue weighted by Crippen LogP contribution is 2.18. The Hall–Kier alpha value is -1.64. The lowest BCUT2D eigenvalue weighted by atomic mass is 10.1. The molecule has 0 spiro atoms. The van der Waals surface area contributed by atoms with Crippen molar-refractivity contribution in [1.29, 1.82) is 0 Å².